The van der Waals surface area contributed by atoms with E-state index >= 15 is 0 Å². The summed E-state index contributed by atoms with van der Waals surface area (Å²) in [5.74, 6) is 2.62. The fraction of sp³-hybridized carbons (Fsp3) is 0.364. The van der Waals surface area contributed by atoms with Crippen molar-refractivity contribution in [3.05, 3.63) is 53.7 Å². The zero-order valence-electron chi connectivity index (χ0n) is 16.3. The molecule has 2 aliphatic rings. The van der Waals surface area contributed by atoms with Crippen molar-refractivity contribution >= 4 is 17.8 Å². The molecule has 6 nitrogen and oxygen atoms in total. The number of hydrogen-bond acceptors (Lipinski definition) is 5. The largest absolute Gasteiger partial charge is 0.496 e. The molecule has 3 heterocycles. The van der Waals surface area contributed by atoms with Crippen LogP contribution in [0, 0.1) is 0 Å². The lowest BCUT2D eigenvalue weighted by Crippen LogP contribution is -2.48. The third kappa shape index (κ3) is 3.81. The van der Waals surface area contributed by atoms with Crippen LogP contribution >= 0.6 is 0 Å². The standard InChI is InChI=1S/C22H25N3O3/c1-16-13-18-15-19(27-2)17(14-20(18)28-16)6-7-22(26)25-11-9-24(10-12-25)21-5-3-4-8-23-21/h3-8,14-16H,9-13H2,1-2H3. The zero-order chi connectivity index (χ0) is 19.5. The van der Waals surface area contributed by atoms with Crippen LogP contribution in [0.15, 0.2) is 42.6 Å². The van der Waals surface area contributed by atoms with Gasteiger partial charge in [-0.15, -0.1) is 0 Å². The molecule has 1 aromatic heterocycles. The number of anilines is 1. The number of nitrogens with zero attached hydrogens (tertiary/aromatic N) is 3. The Morgan fingerprint density at radius 3 is 2.79 bits per heavy atom. The van der Waals surface area contributed by atoms with Crippen LogP contribution < -0.4 is 14.4 Å². The molecule has 4 rings (SSSR count). The van der Waals surface area contributed by atoms with Crippen molar-refractivity contribution in [2.45, 2.75) is 19.4 Å². The van der Waals surface area contributed by atoms with Crippen LogP contribution in [0.3, 0.4) is 0 Å². The van der Waals surface area contributed by atoms with Crippen LogP contribution in [0.25, 0.3) is 6.08 Å². The zero-order valence-corrected chi connectivity index (χ0v) is 16.3. The monoisotopic (exact) mass is 379 g/mol. The van der Waals surface area contributed by atoms with Crippen LogP contribution in [0.4, 0.5) is 5.82 Å². The summed E-state index contributed by atoms with van der Waals surface area (Å²) in [5.41, 5.74) is 2.01. The van der Waals surface area contributed by atoms with Gasteiger partial charge in [0.05, 0.1) is 7.11 Å². The third-order valence-corrected chi connectivity index (χ3v) is 5.22. The van der Waals surface area contributed by atoms with Gasteiger partial charge in [-0.05, 0) is 37.3 Å². The second-order valence-electron chi connectivity index (χ2n) is 7.17. The van der Waals surface area contributed by atoms with Gasteiger partial charge in [-0.3, -0.25) is 4.79 Å². The third-order valence-electron chi connectivity index (χ3n) is 5.22. The lowest BCUT2D eigenvalue weighted by atomic mass is 10.1. The number of aromatic nitrogens is 1. The van der Waals surface area contributed by atoms with E-state index < -0.39 is 0 Å². The average Bonchev–Trinajstić information content (AvgIpc) is 3.10. The Morgan fingerprint density at radius 2 is 2.07 bits per heavy atom. The van der Waals surface area contributed by atoms with Crippen molar-refractivity contribution < 1.29 is 14.3 Å². The smallest absolute Gasteiger partial charge is 0.246 e. The van der Waals surface area contributed by atoms with Gasteiger partial charge >= 0.3 is 0 Å². The molecule has 1 amide bonds. The molecule has 1 fully saturated rings. The molecule has 1 atom stereocenters. The Hall–Kier alpha value is -3.02. The maximum atomic E-state index is 12.6. The molecule has 6 heteroatoms. The van der Waals surface area contributed by atoms with Crippen LogP contribution in [-0.2, 0) is 11.2 Å². The number of carbonyl (C=O) groups excluding carboxylic acids is 1. The molecule has 0 N–H and O–H groups in total. The summed E-state index contributed by atoms with van der Waals surface area (Å²) >= 11 is 0. The van der Waals surface area contributed by atoms with Gasteiger partial charge in [0.1, 0.15) is 23.4 Å². The predicted octanol–water partition coefficient (Wildman–Crippen LogP) is 2.78. The fourth-order valence-electron chi connectivity index (χ4n) is 3.73. The summed E-state index contributed by atoms with van der Waals surface area (Å²) < 4.78 is 11.3. The summed E-state index contributed by atoms with van der Waals surface area (Å²) in [4.78, 5) is 21.1. The first-order valence-electron chi connectivity index (χ1n) is 9.64. The highest BCUT2D eigenvalue weighted by Gasteiger charge is 2.22. The summed E-state index contributed by atoms with van der Waals surface area (Å²) in [5, 5.41) is 0. The minimum absolute atomic E-state index is 0.0116. The van der Waals surface area contributed by atoms with Gasteiger partial charge in [-0.25, -0.2) is 4.98 Å². The molecule has 0 radical (unpaired) electrons. The van der Waals surface area contributed by atoms with Gasteiger partial charge in [-0.2, -0.15) is 0 Å². The molecule has 28 heavy (non-hydrogen) atoms. The first-order chi connectivity index (χ1) is 13.6. The highest BCUT2D eigenvalue weighted by Crippen LogP contribution is 2.35. The van der Waals surface area contributed by atoms with Crippen molar-refractivity contribution in [3.8, 4) is 11.5 Å². The van der Waals surface area contributed by atoms with Crippen molar-refractivity contribution in [2.75, 3.05) is 38.2 Å². The van der Waals surface area contributed by atoms with E-state index in [4.69, 9.17) is 9.47 Å². The highest BCUT2D eigenvalue weighted by molar-refractivity contribution is 5.92. The fourth-order valence-corrected chi connectivity index (χ4v) is 3.73. The first-order valence-corrected chi connectivity index (χ1v) is 9.64. The normalized spacial score (nSPS) is 18.9. The topological polar surface area (TPSA) is 54.9 Å². The minimum Gasteiger partial charge on any atom is -0.496 e. The number of hydrogen-bond donors (Lipinski definition) is 0. The van der Waals surface area contributed by atoms with Crippen molar-refractivity contribution in [2.24, 2.45) is 0 Å². The first kappa shape index (κ1) is 18.3. The molecule has 0 saturated carbocycles. The van der Waals surface area contributed by atoms with Gasteiger partial charge in [-0.1, -0.05) is 6.07 Å². The van der Waals surface area contributed by atoms with Crippen LogP contribution in [0.1, 0.15) is 18.1 Å². The quantitative estimate of drug-likeness (QED) is 0.765. The maximum Gasteiger partial charge on any atom is 0.246 e. The molecule has 1 saturated heterocycles. The van der Waals surface area contributed by atoms with E-state index in [1.54, 1.807) is 19.4 Å². The predicted molar refractivity (Wildman–Crippen MR) is 109 cm³/mol. The molecular formula is C22H25N3O3. The summed E-state index contributed by atoms with van der Waals surface area (Å²) in [6, 6.07) is 9.86. The summed E-state index contributed by atoms with van der Waals surface area (Å²) in [6.45, 7) is 4.98. The summed E-state index contributed by atoms with van der Waals surface area (Å²) in [7, 11) is 1.65. The van der Waals surface area contributed by atoms with Crippen molar-refractivity contribution in [1.29, 1.82) is 0 Å². The number of pyridine rings is 1. The summed E-state index contributed by atoms with van der Waals surface area (Å²) in [6.07, 6.45) is 6.30. The molecule has 0 bridgehead atoms. The van der Waals surface area contributed by atoms with E-state index in [2.05, 4.69) is 16.8 Å². The highest BCUT2D eigenvalue weighted by atomic mass is 16.5. The number of piperazine rings is 1. The number of ether oxygens (including phenoxy) is 2. The maximum absolute atomic E-state index is 12.6. The Labute approximate surface area is 165 Å². The number of methoxy groups -OCH3 is 1. The molecule has 2 aliphatic heterocycles. The van der Waals surface area contributed by atoms with Gasteiger partial charge in [0, 0.05) is 56.0 Å². The van der Waals surface area contributed by atoms with Gasteiger partial charge in [0.2, 0.25) is 5.91 Å². The van der Waals surface area contributed by atoms with E-state index in [0.717, 1.165) is 48.0 Å². The number of rotatable bonds is 4. The number of amides is 1. The number of benzene rings is 1. The van der Waals surface area contributed by atoms with Crippen LogP contribution in [0.5, 0.6) is 11.5 Å². The average molecular weight is 379 g/mol. The Bertz CT molecular complexity index is 874. The number of fused-ring (bicyclic) bond motifs is 1. The Balaban J connectivity index is 1.40. The van der Waals surface area contributed by atoms with Crippen molar-refractivity contribution in [3.63, 3.8) is 0 Å². The molecule has 0 aliphatic carbocycles. The van der Waals surface area contributed by atoms with Gasteiger partial charge in [0.15, 0.2) is 0 Å². The molecule has 0 spiro atoms. The molecular weight excluding hydrogens is 354 g/mol. The molecule has 2 aromatic rings. The second kappa shape index (κ2) is 7.92. The minimum atomic E-state index is 0.0116. The SMILES string of the molecule is COc1cc2c(cc1C=CC(=O)N1CCN(c3ccccn3)CC1)OC(C)C2. The molecule has 1 unspecified atom stereocenters. The molecule has 146 valence electrons. The lowest BCUT2D eigenvalue weighted by Gasteiger charge is -2.34. The Kier molecular flexibility index (Phi) is 5.19. The van der Waals surface area contributed by atoms with Gasteiger partial charge < -0.3 is 19.3 Å². The van der Waals surface area contributed by atoms with Crippen LogP contribution in [-0.4, -0.2) is 55.2 Å². The van der Waals surface area contributed by atoms with E-state index in [-0.39, 0.29) is 12.0 Å². The Morgan fingerprint density at radius 1 is 1.25 bits per heavy atom. The lowest BCUT2D eigenvalue weighted by molar-refractivity contribution is -0.126. The van der Waals surface area contributed by atoms with E-state index in [1.807, 2.05) is 41.3 Å². The second-order valence-corrected chi connectivity index (χ2v) is 7.17. The van der Waals surface area contributed by atoms with Crippen LogP contribution in [0.2, 0.25) is 0 Å². The van der Waals surface area contributed by atoms with Gasteiger partial charge in [0.25, 0.3) is 0 Å². The van der Waals surface area contributed by atoms with E-state index in [0.29, 0.717) is 13.1 Å². The van der Waals surface area contributed by atoms with E-state index in [1.165, 1.54) is 0 Å². The van der Waals surface area contributed by atoms with Crippen molar-refractivity contribution in [1.82, 2.24) is 9.88 Å². The van der Waals surface area contributed by atoms with E-state index in [9.17, 15) is 4.79 Å². The molecule has 1 aromatic carbocycles. The number of carbonyl (C=O) groups is 1.